The van der Waals surface area contributed by atoms with E-state index in [9.17, 15) is 8.42 Å². The van der Waals surface area contributed by atoms with E-state index in [4.69, 9.17) is 5.73 Å². The van der Waals surface area contributed by atoms with Crippen LogP contribution in [0.1, 0.15) is 32.0 Å². The van der Waals surface area contributed by atoms with Crippen LogP contribution >= 0.6 is 11.3 Å². The number of thiazole rings is 1. The number of nitrogens with two attached hydrogens (primary N) is 1. The number of hydrogen-bond acceptors (Lipinski definition) is 5. The summed E-state index contributed by atoms with van der Waals surface area (Å²) in [5, 5.41) is 2.23. The summed E-state index contributed by atoms with van der Waals surface area (Å²) in [6.45, 7) is 7.78. The molecule has 0 aliphatic heterocycles. The molecule has 2 rings (SSSR count). The SMILES string of the molecule is Cc1c(N)cccc1S(=O)(=O)Nc1nc(C(C)(C)C)cs1. The third-order valence-corrected chi connectivity index (χ3v) is 5.48. The molecule has 3 N–H and O–H groups in total. The van der Waals surface area contributed by atoms with Gasteiger partial charge in [0, 0.05) is 16.5 Å². The molecule has 7 heteroatoms. The van der Waals surface area contributed by atoms with E-state index >= 15 is 0 Å². The van der Waals surface area contributed by atoms with Crippen molar-refractivity contribution in [2.24, 2.45) is 0 Å². The molecule has 1 aromatic carbocycles. The zero-order valence-corrected chi connectivity index (χ0v) is 14.1. The summed E-state index contributed by atoms with van der Waals surface area (Å²) < 4.78 is 27.4. The van der Waals surface area contributed by atoms with E-state index in [-0.39, 0.29) is 10.3 Å². The Morgan fingerprint density at radius 3 is 2.52 bits per heavy atom. The van der Waals surface area contributed by atoms with Crippen LogP contribution in [0.4, 0.5) is 10.8 Å². The Kier molecular flexibility index (Phi) is 3.99. The molecule has 0 spiro atoms. The molecule has 1 aromatic heterocycles. The van der Waals surface area contributed by atoms with Crippen LogP contribution in [0.2, 0.25) is 0 Å². The van der Waals surface area contributed by atoms with Crippen LogP contribution in [-0.2, 0) is 15.4 Å². The summed E-state index contributed by atoms with van der Waals surface area (Å²) in [6, 6.07) is 4.83. The molecule has 0 unspecified atom stereocenters. The molecule has 0 saturated heterocycles. The number of hydrogen-bond donors (Lipinski definition) is 2. The Morgan fingerprint density at radius 2 is 1.95 bits per heavy atom. The number of nitrogen functional groups attached to an aromatic ring is 1. The number of benzene rings is 1. The van der Waals surface area contributed by atoms with Gasteiger partial charge in [-0.15, -0.1) is 11.3 Å². The number of nitrogens with zero attached hydrogens (tertiary/aromatic N) is 1. The lowest BCUT2D eigenvalue weighted by Crippen LogP contribution is -2.16. The van der Waals surface area contributed by atoms with Crippen molar-refractivity contribution in [3.8, 4) is 0 Å². The average Bonchev–Trinajstić information content (AvgIpc) is 2.80. The molecule has 21 heavy (non-hydrogen) atoms. The minimum atomic E-state index is -3.68. The van der Waals surface area contributed by atoms with E-state index in [1.165, 1.54) is 17.4 Å². The molecular formula is C14H19N3O2S2. The van der Waals surface area contributed by atoms with E-state index in [0.29, 0.717) is 16.4 Å². The minimum absolute atomic E-state index is 0.118. The summed E-state index contributed by atoms with van der Waals surface area (Å²) in [7, 11) is -3.68. The van der Waals surface area contributed by atoms with Crippen molar-refractivity contribution in [3.63, 3.8) is 0 Å². The lowest BCUT2D eigenvalue weighted by Gasteiger charge is -2.14. The van der Waals surface area contributed by atoms with Crippen LogP contribution in [0.15, 0.2) is 28.5 Å². The first-order valence-electron chi connectivity index (χ1n) is 6.45. The number of anilines is 2. The second kappa shape index (κ2) is 5.31. The Balaban J connectivity index is 2.34. The predicted octanol–water partition coefficient (Wildman–Crippen LogP) is 3.13. The molecule has 0 aliphatic carbocycles. The maximum atomic E-state index is 12.4. The zero-order chi connectivity index (χ0) is 15.8. The monoisotopic (exact) mass is 325 g/mol. The number of aromatic nitrogens is 1. The summed E-state index contributed by atoms with van der Waals surface area (Å²) in [6.07, 6.45) is 0. The molecule has 5 nitrogen and oxygen atoms in total. The normalized spacial score (nSPS) is 12.4. The van der Waals surface area contributed by atoms with E-state index < -0.39 is 10.0 Å². The van der Waals surface area contributed by atoms with Gasteiger partial charge in [0.25, 0.3) is 10.0 Å². The molecule has 114 valence electrons. The van der Waals surface area contributed by atoms with Crippen LogP contribution in [0, 0.1) is 6.92 Å². The molecule has 0 fully saturated rings. The van der Waals surface area contributed by atoms with Gasteiger partial charge in [-0.1, -0.05) is 26.8 Å². The van der Waals surface area contributed by atoms with Crippen molar-refractivity contribution in [2.75, 3.05) is 10.5 Å². The maximum Gasteiger partial charge on any atom is 0.264 e. The maximum absolute atomic E-state index is 12.4. The first-order chi connectivity index (χ1) is 9.61. The third-order valence-electron chi connectivity index (χ3n) is 3.11. The lowest BCUT2D eigenvalue weighted by molar-refractivity contribution is 0.573. The molecule has 0 saturated carbocycles. The highest BCUT2D eigenvalue weighted by molar-refractivity contribution is 7.93. The number of nitrogens with one attached hydrogen (secondary N) is 1. The summed E-state index contributed by atoms with van der Waals surface area (Å²) in [5.41, 5.74) is 7.50. The summed E-state index contributed by atoms with van der Waals surface area (Å²) >= 11 is 1.28. The fraction of sp³-hybridized carbons (Fsp3) is 0.357. The van der Waals surface area contributed by atoms with Gasteiger partial charge in [-0.2, -0.15) is 0 Å². The van der Waals surface area contributed by atoms with E-state index in [1.54, 1.807) is 19.1 Å². The second-order valence-electron chi connectivity index (χ2n) is 5.86. The fourth-order valence-electron chi connectivity index (χ4n) is 1.76. The quantitative estimate of drug-likeness (QED) is 0.849. The van der Waals surface area contributed by atoms with Gasteiger partial charge in [0.1, 0.15) is 0 Å². The Morgan fingerprint density at radius 1 is 1.29 bits per heavy atom. The topological polar surface area (TPSA) is 85.1 Å². The van der Waals surface area contributed by atoms with Crippen LogP contribution in [0.5, 0.6) is 0 Å². The number of rotatable bonds is 3. The van der Waals surface area contributed by atoms with Crippen molar-refractivity contribution in [3.05, 3.63) is 34.8 Å². The minimum Gasteiger partial charge on any atom is -0.398 e. The van der Waals surface area contributed by atoms with Crippen LogP contribution in [-0.4, -0.2) is 13.4 Å². The van der Waals surface area contributed by atoms with Crippen molar-refractivity contribution >= 4 is 32.2 Å². The van der Waals surface area contributed by atoms with Crippen molar-refractivity contribution < 1.29 is 8.42 Å². The van der Waals surface area contributed by atoms with Gasteiger partial charge in [-0.3, -0.25) is 4.72 Å². The molecule has 0 aliphatic rings. The van der Waals surface area contributed by atoms with Crippen molar-refractivity contribution in [1.82, 2.24) is 4.98 Å². The molecule has 1 heterocycles. The van der Waals surface area contributed by atoms with Gasteiger partial charge in [0.05, 0.1) is 10.6 Å². The summed E-state index contributed by atoms with van der Waals surface area (Å²) in [5.74, 6) is 0. The average molecular weight is 325 g/mol. The molecule has 0 atom stereocenters. The van der Waals surface area contributed by atoms with Crippen molar-refractivity contribution in [2.45, 2.75) is 38.0 Å². The molecule has 0 bridgehead atoms. The van der Waals surface area contributed by atoms with Gasteiger partial charge in [-0.05, 0) is 24.6 Å². The lowest BCUT2D eigenvalue weighted by atomic mass is 9.93. The first-order valence-corrected chi connectivity index (χ1v) is 8.81. The highest BCUT2D eigenvalue weighted by Gasteiger charge is 2.22. The van der Waals surface area contributed by atoms with E-state index in [2.05, 4.69) is 9.71 Å². The Bertz CT molecular complexity index is 759. The van der Waals surface area contributed by atoms with Crippen LogP contribution in [0.3, 0.4) is 0 Å². The largest absolute Gasteiger partial charge is 0.398 e. The van der Waals surface area contributed by atoms with Gasteiger partial charge in [0.15, 0.2) is 5.13 Å². The molecular weight excluding hydrogens is 306 g/mol. The second-order valence-corrected chi connectivity index (χ2v) is 8.37. The predicted molar refractivity (Wildman–Crippen MR) is 87.2 cm³/mol. The zero-order valence-electron chi connectivity index (χ0n) is 12.5. The highest BCUT2D eigenvalue weighted by atomic mass is 32.2. The number of sulfonamides is 1. The van der Waals surface area contributed by atoms with Crippen molar-refractivity contribution in [1.29, 1.82) is 0 Å². The van der Waals surface area contributed by atoms with Crippen LogP contribution in [0.25, 0.3) is 0 Å². The smallest absolute Gasteiger partial charge is 0.264 e. The Hall–Kier alpha value is -1.60. The van der Waals surface area contributed by atoms with E-state index in [0.717, 1.165) is 5.69 Å². The molecule has 0 amide bonds. The standard InChI is InChI=1S/C14H19N3O2S2/c1-9-10(15)6-5-7-11(9)21(18,19)17-13-16-12(8-20-13)14(2,3)4/h5-8H,15H2,1-4H3,(H,16,17). The van der Waals surface area contributed by atoms with Gasteiger partial charge >= 0.3 is 0 Å². The van der Waals surface area contributed by atoms with Crippen LogP contribution < -0.4 is 10.5 Å². The fourth-order valence-corrected chi connectivity index (χ4v) is 4.22. The van der Waals surface area contributed by atoms with Gasteiger partial charge in [0.2, 0.25) is 0 Å². The van der Waals surface area contributed by atoms with Gasteiger partial charge in [-0.25, -0.2) is 13.4 Å². The molecule has 0 radical (unpaired) electrons. The van der Waals surface area contributed by atoms with Gasteiger partial charge < -0.3 is 5.73 Å². The first kappa shape index (κ1) is 15.8. The third kappa shape index (κ3) is 3.36. The highest BCUT2D eigenvalue weighted by Crippen LogP contribution is 2.28. The Labute approximate surface area is 129 Å². The van der Waals surface area contributed by atoms with E-state index in [1.807, 2.05) is 26.2 Å². The molecule has 2 aromatic rings. The summed E-state index contributed by atoms with van der Waals surface area (Å²) in [4.78, 5) is 4.52.